The molecule has 0 heterocycles. The van der Waals surface area contributed by atoms with E-state index in [1.807, 2.05) is 27.2 Å². The van der Waals surface area contributed by atoms with Gasteiger partial charge in [-0.15, -0.1) is 0 Å². The van der Waals surface area contributed by atoms with Crippen molar-refractivity contribution in [1.82, 2.24) is 5.32 Å². The number of hydrogen-bond acceptors (Lipinski definition) is 6. The Kier molecular flexibility index (Phi) is 36.1. The summed E-state index contributed by atoms with van der Waals surface area (Å²) in [5, 5.41) is 13.7. The number of hydrogen-bond donors (Lipinski definition) is 2. The van der Waals surface area contributed by atoms with Crippen LogP contribution in [0.5, 0.6) is 0 Å². The van der Waals surface area contributed by atoms with E-state index in [0.29, 0.717) is 17.4 Å². The standard InChI is InChI=1S/C46H83N2O6P/c1-6-8-10-12-14-16-18-19-20-21-22-23-24-25-26-27-28-29-30-32-34-36-38-40-46(50)47-44(43-54-55(51,52)53-42-41-48(3,4)5)45(49)39-37-35-33-31-17-15-13-11-9-7-2/h8,10,14,16-17,19-20,22-23,31,37,39,44-45,49H,6-7,9,11-13,15,18,21,24-30,32-36,38,40-43H2,1-5H3,(H-,47,50,51,52)/b10-8-,16-14-,20-19-,23-22-,31-17+,39-37+. The molecule has 1 amide bonds. The van der Waals surface area contributed by atoms with Gasteiger partial charge in [0.1, 0.15) is 13.2 Å². The lowest BCUT2D eigenvalue weighted by atomic mass is 10.0. The third kappa shape index (κ3) is 40.0. The quantitative estimate of drug-likeness (QED) is 0.0279. The minimum Gasteiger partial charge on any atom is -0.756 e. The van der Waals surface area contributed by atoms with E-state index in [0.717, 1.165) is 70.6 Å². The molecule has 0 aliphatic carbocycles. The molecule has 2 N–H and O–H groups in total. The van der Waals surface area contributed by atoms with Crippen LogP contribution in [0, 0.1) is 0 Å². The second kappa shape index (κ2) is 37.5. The molecule has 8 nitrogen and oxygen atoms in total. The maximum absolute atomic E-state index is 12.8. The molecule has 0 aromatic heterocycles. The summed E-state index contributed by atoms with van der Waals surface area (Å²) in [6.45, 7) is 4.45. The molecule has 0 rings (SSSR count). The molecule has 0 aliphatic rings. The summed E-state index contributed by atoms with van der Waals surface area (Å²) in [4.78, 5) is 25.2. The summed E-state index contributed by atoms with van der Waals surface area (Å²) in [5.74, 6) is -0.219. The predicted octanol–water partition coefficient (Wildman–Crippen LogP) is 11.4. The number of rotatable bonds is 38. The van der Waals surface area contributed by atoms with E-state index in [4.69, 9.17) is 9.05 Å². The highest BCUT2D eigenvalue weighted by Gasteiger charge is 2.23. The Morgan fingerprint density at radius 1 is 0.655 bits per heavy atom. The van der Waals surface area contributed by atoms with Crippen molar-refractivity contribution < 1.29 is 32.9 Å². The fourth-order valence-electron chi connectivity index (χ4n) is 5.69. The molecule has 0 aromatic carbocycles. The second-order valence-corrected chi connectivity index (χ2v) is 17.1. The lowest BCUT2D eigenvalue weighted by Crippen LogP contribution is -2.45. The number of nitrogens with zero attached hydrogens (tertiary/aromatic N) is 1. The number of phosphoric ester groups is 1. The smallest absolute Gasteiger partial charge is 0.268 e. The van der Waals surface area contributed by atoms with Crippen LogP contribution in [0.2, 0.25) is 0 Å². The van der Waals surface area contributed by atoms with Gasteiger partial charge >= 0.3 is 0 Å². The molecule has 318 valence electrons. The number of nitrogens with one attached hydrogen (secondary N) is 1. The Bertz CT molecular complexity index is 1120. The monoisotopic (exact) mass is 791 g/mol. The van der Waals surface area contributed by atoms with Crippen LogP contribution in [0.1, 0.15) is 162 Å². The summed E-state index contributed by atoms with van der Waals surface area (Å²) in [6.07, 6.45) is 49.6. The van der Waals surface area contributed by atoms with Crippen molar-refractivity contribution in [1.29, 1.82) is 0 Å². The van der Waals surface area contributed by atoms with Gasteiger partial charge in [-0.05, 0) is 70.6 Å². The maximum atomic E-state index is 12.8. The normalized spacial score (nSPS) is 15.1. The molecule has 0 saturated carbocycles. The highest BCUT2D eigenvalue weighted by molar-refractivity contribution is 7.45. The van der Waals surface area contributed by atoms with E-state index in [2.05, 4.69) is 79.9 Å². The first-order chi connectivity index (χ1) is 26.5. The SMILES string of the molecule is CC/C=C\C/C=C\C/C=C\C/C=C\CCCCCCCCCCCCC(=O)NC(COP(=O)([O-])OCC[N+](C)(C)C)C(O)/C=C/CC/C=C/CCCCCC. The second-order valence-electron chi connectivity index (χ2n) is 15.7. The number of unbranched alkanes of at least 4 members (excludes halogenated alkanes) is 15. The largest absolute Gasteiger partial charge is 0.756 e. The Balaban J connectivity index is 4.32. The van der Waals surface area contributed by atoms with E-state index in [9.17, 15) is 19.4 Å². The highest BCUT2D eigenvalue weighted by atomic mass is 31.2. The van der Waals surface area contributed by atoms with Crippen LogP contribution in [-0.2, 0) is 18.4 Å². The molecule has 0 bridgehead atoms. The molecule has 0 fully saturated rings. The first kappa shape index (κ1) is 52.9. The molecular weight excluding hydrogens is 707 g/mol. The van der Waals surface area contributed by atoms with Gasteiger partial charge in [0, 0.05) is 6.42 Å². The molecule has 0 saturated heterocycles. The first-order valence-corrected chi connectivity index (χ1v) is 23.3. The van der Waals surface area contributed by atoms with Crippen molar-refractivity contribution in [3.63, 3.8) is 0 Å². The topological polar surface area (TPSA) is 108 Å². The summed E-state index contributed by atoms with van der Waals surface area (Å²) < 4.78 is 23.1. The molecule has 0 aliphatic heterocycles. The van der Waals surface area contributed by atoms with Crippen LogP contribution >= 0.6 is 7.82 Å². The lowest BCUT2D eigenvalue weighted by molar-refractivity contribution is -0.870. The van der Waals surface area contributed by atoms with Gasteiger partial charge in [-0.2, -0.15) is 0 Å². The van der Waals surface area contributed by atoms with Gasteiger partial charge in [0.15, 0.2) is 0 Å². The average Bonchev–Trinajstić information content (AvgIpc) is 3.13. The van der Waals surface area contributed by atoms with Crippen molar-refractivity contribution in [2.24, 2.45) is 0 Å². The molecule has 0 radical (unpaired) electrons. The van der Waals surface area contributed by atoms with E-state index in [-0.39, 0.29) is 12.5 Å². The van der Waals surface area contributed by atoms with E-state index in [1.165, 1.54) is 70.6 Å². The first-order valence-electron chi connectivity index (χ1n) is 21.8. The minimum atomic E-state index is -4.59. The van der Waals surface area contributed by atoms with Gasteiger partial charge in [0.25, 0.3) is 7.82 Å². The summed E-state index contributed by atoms with van der Waals surface area (Å²) in [6, 6.07) is -0.906. The third-order valence-electron chi connectivity index (χ3n) is 9.15. The molecule has 3 unspecified atom stereocenters. The van der Waals surface area contributed by atoms with Gasteiger partial charge in [-0.25, -0.2) is 0 Å². The number of allylic oxidation sites excluding steroid dienone is 11. The molecule has 55 heavy (non-hydrogen) atoms. The number of amides is 1. The minimum absolute atomic E-state index is 0.0108. The molecule has 3 atom stereocenters. The predicted molar refractivity (Wildman–Crippen MR) is 233 cm³/mol. The van der Waals surface area contributed by atoms with E-state index in [1.54, 1.807) is 6.08 Å². The van der Waals surface area contributed by atoms with Crippen molar-refractivity contribution in [2.75, 3.05) is 40.9 Å². The molecule has 9 heteroatoms. The van der Waals surface area contributed by atoms with E-state index < -0.39 is 26.6 Å². The number of phosphoric acid groups is 1. The summed E-state index contributed by atoms with van der Waals surface area (Å²) in [5.41, 5.74) is 0. The zero-order valence-corrected chi connectivity index (χ0v) is 36.7. The Morgan fingerprint density at radius 2 is 1.13 bits per heavy atom. The van der Waals surface area contributed by atoms with Gasteiger partial charge in [0.05, 0.1) is 39.9 Å². The number of carbonyl (C=O) groups is 1. The number of carbonyl (C=O) groups excluding carboxylic acids is 1. The van der Waals surface area contributed by atoms with Gasteiger partial charge in [-0.1, -0.05) is 157 Å². The van der Waals surface area contributed by atoms with Crippen molar-refractivity contribution in [3.8, 4) is 0 Å². The Hall–Kier alpha value is -2.06. The number of aliphatic hydroxyl groups excluding tert-OH is 1. The zero-order valence-electron chi connectivity index (χ0n) is 35.9. The maximum Gasteiger partial charge on any atom is 0.268 e. The Morgan fingerprint density at radius 3 is 1.69 bits per heavy atom. The Labute approximate surface area is 338 Å². The fourth-order valence-corrected chi connectivity index (χ4v) is 6.41. The van der Waals surface area contributed by atoms with Gasteiger partial charge in [-0.3, -0.25) is 9.36 Å². The number of quaternary nitrogens is 1. The highest BCUT2D eigenvalue weighted by Crippen LogP contribution is 2.38. The van der Waals surface area contributed by atoms with Crippen LogP contribution < -0.4 is 10.2 Å². The van der Waals surface area contributed by atoms with E-state index >= 15 is 0 Å². The van der Waals surface area contributed by atoms with Crippen LogP contribution in [0.25, 0.3) is 0 Å². The summed E-state index contributed by atoms with van der Waals surface area (Å²) >= 11 is 0. The fraction of sp³-hybridized carbons (Fsp3) is 0.717. The molecular formula is C46H83N2O6P. The van der Waals surface area contributed by atoms with Crippen molar-refractivity contribution >= 4 is 13.7 Å². The van der Waals surface area contributed by atoms with Crippen molar-refractivity contribution in [2.45, 2.75) is 174 Å². The van der Waals surface area contributed by atoms with Crippen LogP contribution in [0.4, 0.5) is 0 Å². The molecule has 0 spiro atoms. The van der Waals surface area contributed by atoms with Gasteiger partial charge in [0.2, 0.25) is 5.91 Å². The third-order valence-corrected chi connectivity index (χ3v) is 10.1. The lowest BCUT2D eigenvalue weighted by Gasteiger charge is -2.29. The average molecular weight is 791 g/mol. The zero-order chi connectivity index (χ0) is 40.7. The van der Waals surface area contributed by atoms with Gasteiger partial charge < -0.3 is 28.8 Å². The van der Waals surface area contributed by atoms with Crippen LogP contribution in [-0.4, -0.2) is 68.5 Å². The number of likely N-dealkylation sites (N-methyl/N-ethyl adjacent to an activating group) is 1. The van der Waals surface area contributed by atoms with Crippen LogP contribution in [0.15, 0.2) is 72.9 Å². The molecule has 0 aromatic rings. The van der Waals surface area contributed by atoms with Crippen molar-refractivity contribution in [3.05, 3.63) is 72.9 Å². The van der Waals surface area contributed by atoms with Crippen LogP contribution in [0.3, 0.4) is 0 Å². The number of aliphatic hydroxyl groups is 1. The summed E-state index contributed by atoms with van der Waals surface area (Å²) in [7, 11) is 1.23.